The zero-order valence-corrected chi connectivity index (χ0v) is 9.18. The fourth-order valence-corrected chi connectivity index (χ4v) is 1.07. The second-order valence-corrected chi connectivity index (χ2v) is 3.40. The first-order valence-electron chi connectivity index (χ1n) is 4.43. The molecule has 17 heavy (non-hydrogen) atoms. The highest BCUT2D eigenvalue weighted by molar-refractivity contribution is 6.33. The van der Waals surface area contributed by atoms with Gasteiger partial charge in [0.1, 0.15) is 13.2 Å². The van der Waals surface area contributed by atoms with Gasteiger partial charge in [-0.2, -0.15) is 13.2 Å². The number of halogens is 4. The van der Waals surface area contributed by atoms with E-state index in [2.05, 4.69) is 15.0 Å². The minimum Gasteiger partial charge on any atom is -0.362 e. The van der Waals surface area contributed by atoms with Crippen molar-refractivity contribution in [2.45, 2.75) is 6.18 Å². The quantitative estimate of drug-likeness (QED) is 0.911. The van der Waals surface area contributed by atoms with E-state index in [1.54, 1.807) is 6.07 Å². The fraction of sp³-hybridized carbons (Fsp3) is 0.333. The molecule has 0 fully saturated rings. The SMILES string of the molecule is O=C(COCC(F)(F)F)Nc1ncccc1Cl. The highest BCUT2D eigenvalue weighted by atomic mass is 35.5. The van der Waals surface area contributed by atoms with Crippen LogP contribution in [-0.2, 0) is 9.53 Å². The Balaban J connectivity index is 2.38. The lowest BCUT2D eigenvalue weighted by Gasteiger charge is -2.08. The van der Waals surface area contributed by atoms with Crippen molar-refractivity contribution in [1.82, 2.24) is 4.98 Å². The summed E-state index contributed by atoms with van der Waals surface area (Å²) in [6.07, 6.45) is -3.07. The van der Waals surface area contributed by atoms with Gasteiger partial charge in [-0.1, -0.05) is 11.6 Å². The molecule has 1 amide bonds. The molecule has 0 unspecified atom stereocenters. The van der Waals surface area contributed by atoms with Crippen LogP contribution in [0.3, 0.4) is 0 Å². The van der Waals surface area contributed by atoms with E-state index in [1.165, 1.54) is 12.3 Å². The van der Waals surface area contributed by atoms with Gasteiger partial charge in [-0.05, 0) is 12.1 Å². The summed E-state index contributed by atoms with van der Waals surface area (Å²) in [7, 11) is 0. The van der Waals surface area contributed by atoms with Crippen LogP contribution in [0.15, 0.2) is 18.3 Å². The fourth-order valence-electron chi connectivity index (χ4n) is 0.905. The minimum atomic E-state index is -4.46. The third kappa shape index (κ3) is 5.50. The summed E-state index contributed by atoms with van der Waals surface area (Å²) in [6, 6.07) is 3.04. The van der Waals surface area contributed by atoms with Crippen molar-refractivity contribution < 1.29 is 22.7 Å². The van der Waals surface area contributed by atoms with Gasteiger partial charge in [-0.15, -0.1) is 0 Å². The number of carbonyl (C=O) groups excluding carboxylic acids is 1. The number of anilines is 1. The molecule has 0 bridgehead atoms. The number of alkyl halides is 3. The third-order valence-corrected chi connectivity index (χ3v) is 1.82. The number of nitrogens with zero attached hydrogens (tertiary/aromatic N) is 1. The van der Waals surface area contributed by atoms with Crippen LogP contribution in [-0.4, -0.2) is 30.3 Å². The number of pyridine rings is 1. The number of nitrogens with one attached hydrogen (secondary N) is 1. The first kappa shape index (κ1) is 13.7. The standard InChI is InChI=1S/C9H8ClF3N2O2/c10-6-2-1-3-14-8(6)15-7(16)4-17-5-9(11,12)13/h1-3H,4-5H2,(H,14,15,16). The molecule has 4 nitrogen and oxygen atoms in total. The molecule has 1 aromatic heterocycles. The van der Waals surface area contributed by atoms with Gasteiger partial charge >= 0.3 is 6.18 Å². The average Bonchev–Trinajstić information content (AvgIpc) is 2.19. The molecule has 0 saturated heterocycles. The summed E-state index contributed by atoms with van der Waals surface area (Å²) < 4.78 is 39.3. The Hall–Kier alpha value is -1.34. The van der Waals surface area contributed by atoms with Crippen LogP contribution in [0.2, 0.25) is 5.02 Å². The van der Waals surface area contributed by atoms with Crippen LogP contribution in [0.25, 0.3) is 0 Å². The summed E-state index contributed by atoms with van der Waals surface area (Å²) in [5, 5.41) is 2.41. The molecule has 94 valence electrons. The van der Waals surface area contributed by atoms with E-state index in [0.717, 1.165) is 0 Å². The number of hydrogen-bond donors (Lipinski definition) is 1. The zero-order valence-electron chi connectivity index (χ0n) is 8.42. The molecule has 1 rings (SSSR count). The van der Waals surface area contributed by atoms with E-state index in [-0.39, 0.29) is 10.8 Å². The molecule has 0 spiro atoms. The predicted octanol–water partition coefficient (Wildman–Crippen LogP) is 2.25. The van der Waals surface area contributed by atoms with Gasteiger partial charge in [-0.25, -0.2) is 4.98 Å². The van der Waals surface area contributed by atoms with Crippen LogP contribution in [0, 0.1) is 0 Å². The summed E-state index contributed by atoms with van der Waals surface area (Å²) >= 11 is 5.68. The Kier molecular flexibility index (Phi) is 4.71. The normalized spacial score (nSPS) is 11.3. The Morgan fingerprint density at radius 3 is 2.82 bits per heavy atom. The van der Waals surface area contributed by atoms with Gasteiger partial charge in [0.2, 0.25) is 0 Å². The summed E-state index contributed by atoms with van der Waals surface area (Å²) in [5.41, 5.74) is 0. The van der Waals surface area contributed by atoms with Gasteiger partial charge in [0, 0.05) is 6.20 Å². The van der Waals surface area contributed by atoms with Crippen molar-refractivity contribution in [3.63, 3.8) is 0 Å². The number of ether oxygens (including phenoxy) is 1. The second-order valence-electron chi connectivity index (χ2n) is 2.99. The average molecular weight is 269 g/mol. The van der Waals surface area contributed by atoms with Crippen molar-refractivity contribution in [2.24, 2.45) is 0 Å². The maximum Gasteiger partial charge on any atom is 0.411 e. The predicted molar refractivity (Wildman–Crippen MR) is 54.8 cm³/mol. The van der Waals surface area contributed by atoms with Crippen molar-refractivity contribution in [1.29, 1.82) is 0 Å². The van der Waals surface area contributed by atoms with E-state index in [0.29, 0.717) is 0 Å². The molecule has 0 atom stereocenters. The maximum absolute atomic E-state index is 11.7. The van der Waals surface area contributed by atoms with E-state index in [4.69, 9.17) is 11.6 Å². The van der Waals surface area contributed by atoms with Gasteiger partial charge in [0.05, 0.1) is 5.02 Å². The Labute approximate surface area is 99.7 Å². The lowest BCUT2D eigenvalue weighted by molar-refractivity contribution is -0.174. The Morgan fingerprint density at radius 2 is 2.24 bits per heavy atom. The van der Waals surface area contributed by atoms with Gasteiger partial charge in [0.25, 0.3) is 5.91 Å². The molecule has 0 aliphatic carbocycles. The molecule has 1 aromatic rings. The first-order chi connectivity index (χ1) is 7.88. The van der Waals surface area contributed by atoms with Crippen LogP contribution >= 0.6 is 11.6 Å². The van der Waals surface area contributed by atoms with E-state index >= 15 is 0 Å². The minimum absolute atomic E-state index is 0.0785. The Morgan fingerprint density at radius 1 is 1.53 bits per heavy atom. The number of hydrogen-bond acceptors (Lipinski definition) is 3. The summed E-state index contributed by atoms with van der Waals surface area (Å²) in [6.45, 7) is -2.19. The zero-order chi connectivity index (χ0) is 12.9. The first-order valence-corrected chi connectivity index (χ1v) is 4.81. The molecule has 0 saturated carbocycles. The molecule has 0 radical (unpaired) electrons. The van der Waals surface area contributed by atoms with Crippen molar-refractivity contribution in [3.8, 4) is 0 Å². The largest absolute Gasteiger partial charge is 0.411 e. The van der Waals surface area contributed by atoms with Crippen LogP contribution < -0.4 is 5.32 Å². The molecule has 0 aliphatic heterocycles. The smallest absolute Gasteiger partial charge is 0.362 e. The monoisotopic (exact) mass is 268 g/mol. The van der Waals surface area contributed by atoms with Gasteiger partial charge in [0.15, 0.2) is 5.82 Å². The topological polar surface area (TPSA) is 51.2 Å². The van der Waals surface area contributed by atoms with E-state index in [1.807, 2.05) is 0 Å². The van der Waals surface area contributed by atoms with Gasteiger partial charge in [-0.3, -0.25) is 4.79 Å². The summed E-state index contributed by atoms with van der Waals surface area (Å²) in [5.74, 6) is -0.676. The van der Waals surface area contributed by atoms with Crippen LogP contribution in [0.5, 0.6) is 0 Å². The molecular weight excluding hydrogens is 261 g/mol. The Bertz CT molecular complexity index is 398. The van der Waals surface area contributed by atoms with Crippen molar-refractivity contribution >= 4 is 23.3 Å². The van der Waals surface area contributed by atoms with Crippen LogP contribution in [0.1, 0.15) is 0 Å². The molecule has 1 N–H and O–H groups in total. The summed E-state index contributed by atoms with van der Waals surface area (Å²) in [4.78, 5) is 14.9. The number of carbonyl (C=O) groups is 1. The lowest BCUT2D eigenvalue weighted by Crippen LogP contribution is -2.24. The maximum atomic E-state index is 11.7. The third-order valence-electron chi connectivity index (χ3n) is 1.52. The highest BCUT2D eigenvalue weighted by Gasteiger charge is 2.27. The lowest BCUT2D eigenvalue weighted by atomic mass is 10.4. The molecular formula is C9H8ClF3N2O2. The number of aromatic nitrogens is 1. The number of amides is 1. The molecule has 1 heterocycles. The number of rotatable bonds is 4. The van der Waals surface area contributed by atoms with Crippen molar-refractivity contribution in [2.75, 3.05) is 18.5 Å². The van der Waals surface area contributed by atoms with Gasteiger partial charge < -0.3 is 10.1 Å². The molecule has 0 aliphatic rings. The van der Waals surface area contributed by atoms with Crippen molar-refractivity contribution in [3.05, 3.63) is 23.4 Å². The highest BCUT2D eigenvalue weighted by Crippen LogP contribution is 2.17. The molecule has 0 aromatic carbocycles. The van der Waals surface area contributed by atoms with E-state index in [9.17, 15) is 18.0 Å². The van der Waals surface area contributed by atoms with Crippen LogP contribution in [0.4, 0.5) is 19.0 Å². The second kappa shape index (κ2) is 5.83. The molecule has 8 heteroatoms. The van der Waals surface area contributed by atoms with E-state index < -0.39 is 25.3 Å².